The molecule has 74 valence electrons. The smallest absolute Gasteiger partial charge is 0.304 e. The number of pyridine rings is 1. The van der Waals surface area contributed by atoms with Crippen LogP contribution in [0, 0.1) is 0 Å². The van der Waals surface area contributed by atoms with E-state index in [0.29, 0.717) is 0 Å². The molecule has 0 aliphatic heterocycles. The van der Waals surface area contributed by atoms with Crippen molar-refractivity contribution in [2.45, 2.75) is 26.3 Å². The SMILES string of the molecule is CCC(C)n1c(=O)[nH]c2cccnc21. The molecule has 2 aromatic rings. The van der Waals surface area contributed by atoms with E-state index in [1.807, 2.05) is 19.1 Å². The number of nitrogens with zero attached hydrogens (tertiary/aromatic N) is 2. The maximum Gasteiger partial charge on any atom is 0.327 e. The van der Waals surface area contributed by atoms with Gasteiger partial charge in [0.25, 0.3) is 0 Å². The van der Waals surface area contributed by atoms with Crippen molar-refractivity contribution in [2.24, 2.45) is 0 Å². The molecule has 0 saturated carbocycles. The normalized spacial score (nSPS) is 13.3. The first-order valence-electron chi connectivity index (χ1n) is 4.79. The molecule has 0 aromatic carbocycles. The Hall–Kier alpha value is -1.58. The van der Waals surface area contributed by atoms with Gasteiger partial charge in [-0.1, -0.05) is 6.92 Å². The molecule has 4 heteroatoms. The largest absolute Gasteiger partial charge is 0.327 e. The van der Waals surface area contributed by atoms with Gasteiger partial charge in [-0.3, -0.25) is 4.57 Å². The van der Waals surface area contributed by atoms with Crippen LogP contribution in [0.1, 0.15) is 26.3 Å². The Bertz CT molecular complexity index is 497. The molecule has 14 heavy (non-hydrogen) atoms. The van der Waals surface area contributed by atoms with E-state index in [9.17, 15) is 4.79 Å². The lowest BCUT2D eigenvalue weighted by molar-refractivity contribution is 0.526. The number of aromatic nitrogens is 3. The van der Waals surface area contributed by atoms with Crippen LogP contribution >= 0.6 is 0 Å². The summed E-state index contributed by atoms with van der Waals surface area (Å²) in [7, 11) is 0. The molecule has 2 aromatic heterocycles. The average molecular weight is 191 g/mol. The van der Waals surface area contributed by atoms with Gasteiger partial charge in [0, 0.05) is 12.2 Å². The quantitative estimate of drug-likeness (QED) is 0.785. The van der Waals surface area contributed by atoms with E-state index in [1.54, 1.807) is 10.8 Å². The molecule has 1 atom stereocenters. The van der Waals surface area contributed by atoms with Gasteiger partial charge in [-0.05, 0) is 25.5 Å². The Labute approximate surface area is 81.6 Å². The van der Waals surface area contributed by atoms with Crippen molar-refractivity contribution in [3.63, 3.8) is 0 Å². The fourth-order valence-electron chi connectivity index (χ4n) is 1.55. The number of hydrogen-bond acceptors (Lipinski definition) is 2. The summed E-state index contributed by atoms with van der Waals surface area (Å²) in [5.41, 5.74) is 1.47. The Morgan fingerprint density at radius 3 is 3.14 bits per heavy atom. The first-order chi connectivity index (χ1) is 6.74. The van der Waals surface area contributed by atoms with E-state index in [4.69, 9.17) is 0 Å². The predicted molar refractivity (Wildman–Crippen MR) is 55.4 cm³/mol. The summed E-state index contributed by atoms with van der Waals surface area (Å²) in [5, 5.41) is 0. The highest BCUT2D eigenvalue weighted by Gasteiger charge is 2.11. The molecule has 2 rings (SSSR count). The van der Waals surface area contributed by atoms with Gasteiger partial charge in [-0.15, -0.1) is 0 Å². The van der Waals surface area contributed by atoms with Crippen LogP contribution in [-0.2, 0) is 0 Å². The lowest BCUT2D eigenvalue weighted by atomic mass is 10.2. The zero-order valence-corrected chi connectivity index (χ0v) is 8.32. The highest BCUT2D eigenvalue weighted by atomic mass is 16.1. The van der Waals surface area contributed by atoms with E-state index >= 15 is 0 Å². The van der Waals surface area contributed by atoms with E-state index in [-0.39, 0.29) is 11.7 Å². The van der Waals surface area contributed by atoms with E-state index < -0.39 is 0 Å². The molecule has 0 spiro atoms. The van der Waals surface area contributed by atoms with Crippen molar-refractivity contribution in [1.29, 1.82) is 0 Å². The minimum absolute atomic E-state index is 0.0759. The maximum atomic E-state index is 11.6. The fraction of sp³-hybridized carbons (Fsp3) is 0.400. The molecule has 0 amide bonds. The molecule has 0 bridgehead atoms. The van der Waals surface area contributed by atoms with Gasteiger partial charge in [0.2, 0.25) is 0 Å². The Morgan fingerprint density at radius 1 is 1.64 bits per heavy atom. The summed E-state index contributed by atoms with van der Waals surface area (Å²) in [6.07, 6.45) is 2.62. The van der Waals surface area contributed by atoms with Crippen LogP contribution in [-0.4, -0.2) is 14.5 Å². The molecule has 0 aliphatic rings. The lowest BCUT2D eigenvalue weighted by Gasteiger charge is -2.08. The Balaban J connectivity index is 2.74. The molecule has 0 aliphatic carbocycles. The lowest BCUT2D eigenvalue weighted by Crippen LogP contribution is -2.20. The van der Waals surface area contributed by atoms with Crippen molar-refractivity contribution in [3.05, 3.63) is 28.8 Å². The average Bonchev–Trinajstić information content (AvgIpc) is 2.53. The van der Waals surface area contributed by atoms with Gasteiger partial charge in [-0.25, -0.2) is 9.78 Å². The third-order valence-electron chi connectivity index (χ3n) is 2.51. The summed E-state index contributed by atoms with van der Waals surface area (Å²) < 4.78 is 1.70. The summed E-state index contributed by atoms with van der Waals surface area (Å²) in [6.45, 7) is 4.07. The summed E-state index contributed by atoms with van der Waals surface area (Å²) >= 11 is 0. The van der Waals surface area contributed by atoms with Crippen LogP contribution in [0.15, 0.2) is 23.1 Å². The summed E-state index contributed by atoms with van der Waals surface area (Å²) in [4.78, 5) is 18.6. The van der Waals surface area contributed by atoms with Crippen LogP contribution < -0.4 is 5.69 Å². The predicted octanol–water partition coefficient (Wildman–Crippen LogP) is 1.70. The number of H-pyrrole nitrogens is 1. The molecule has 2 heterocycles. The number of imidazole rings is 1. The highest BCUT2D eigenvalue weighted by Crippen LogP contribution is 2.13. The van der Waals surface area contributed by atoms with Crippen molar-refractivity contribution < 1.29 is 0 Å². The third-order valence-corrected chi connectivity index (χ3v) is 2.51. The van der Waals surface area contributed by atoms with Gasteiger partial charge in [0.15, 0.2) is 5.65 Å². The van der Waals surface area contributed by atoms with Gasteiger partial charge < -0.3 is 4.98 Å². The van der Waals surface area contributed by atoms with Crippen LogP contribution in [0.5, 0.6) is 0 Å². The molecule has 0 fully saturated rings. The highest BCUT2D eigenvalue weighted by molar-refractivity contribution is 5.70. The first-order valence-corrected chi connectivity index (χ1v) is 4.79. The maximum absolute atomic E-state index is 11.6. The standard InChI is InChI=1S/C10H13N3O/c1-3-7(2)13-9-8(12-10(13)14)5-4-6-11-9/h4-7H,3H2,1-2H3,(H,12,14). The topological polar surface area (TPSA) is 50.7 Å². The number of nitrogens with one attached hydrogen (secondary N) is 1. The fourth-order valence-corrected chi connectivity index (χ4v) is 1.55. The number of fused-ring (bicyclic) bond motifs is 1. The van der Waals surface area contributed by atoms with Gasteiger partial charge in [0.05, 0.1) is 5.52 Å². The van der Waals surface area contributed by atoms with Crippen LogP contribution in [0.4, 0.5) is 0 Å². The summed E-state index contributed by atoms with van der Waals surface area (Å²) in [5.74, 6) is 0. The monoisotopic (exact) mass is 191 g/mol. The molecule has 0 saturated heterocycles. The van der Waals surface area contributed by atoms with E-state index in [0.717, 1.165) is 17.6 Å². The molecule has 1 N–H and O–H groups in total. The number of hydrogen-bond donors (Lipinski definition) is 1. The third kappa shape index (κ3) is 1.23. The number of rotatable bonds is 2. The minimum atomic E-state index is -0.0759. The molecule has 4 nitrogen and oxygen atoms in total. The Kier molecular flexibility index (Phi) is 2.11. The second-order valence-corrected chi connectivity index (χ2v) is 3.43. The molecule has 0 radical (unpaired) electrons. The van der Waals surface area contributed by atoms with E-state index in [1.165, 1.54) is 0 Å². The minimum Gasteiger partial charge on any atom is -0.304 e. The molecular formula is C10H13N3O. The van der Waals surface area contributed by atoms with Crippen molar-refractivity contribution in [1.82, 2.24) is 14.5 Å². The van der Waals surface area contributed by atoms with Crippen molar-refractivity contribution >= 4 is 11.2 Å². The molecule has 1 unspecified atom stereocenters. The zero-order valence-electron chi connectivity index (χ0n) is 8.32. The second-order valence-electron chi connectivity index (χ2n) is 3.43. The Morgan fingerprint density at radius 2 is 2.43 bits per heavy atom. The van der Waals surface area contributed by atoms with Crippen molar-refractivity contribution in [2.75, 3.05) is 0 Å². The zero-order chi connectivity index (χ0) is 10.1. The summed E-state index contributed by atoms with van der Waals surface area (Å²) in [6, 6.07) is 3.87. The van der Waals surface area contributed by atoms with Gasteiger partial charge in [0.1, 0.15) is 0 Å². The van der Waals surface area contributed by atoms with Crippen LogP contribution in [0.3, 0.4) is 0 Å². The van der Waals surface area contributed by atoms with E-state index in [2.05, 4.69) is 16.9 Å². The van der Waals surface area contributed by atoms with Crippen molar-refractivity contribution in [3.8, 4) is 0 Å². The van der Waals surface area contributed by atoms with Crippen LogP contribution in [0.2, 0.25) is 0 Å². The number of aromatic amines is 1. The second kappa shape index (κ2) is 3.29. The first kappa shape index (κ1) is 8.99. The van der Waals surface area contributed by atoms with Gasteiger partial charge in [-0.2, -0.15) is 0 Å². The van der Waals surface area contributed by atoms with Gasteiger partial charge >= 0.3 is 5.69 Å². The molecular weight excluding hydrogens is 178 g/mol. The van der Waals surface area contributed by atoms with Crippen LogP contribution in [0.25, 0.3) is 11.2 Å².